The smallest absolute Gasteiger partial charge is 0.338 e. The van der Waals surface area contributed by atoms with E-state index in [9.17, 15) is 9.59 Å². The second-order valence-corrected chi connectivity index (χ2v) is 4.22. The van der Waals surface area contributed by atoms with E-state index in [1.807, 2.05) is 0 Å². The van der Waals surface area contributed by atoms with E-state index in [1.54, 1.807) is 48.5 Å². The Morgan fingerprint density at radius 2 is 1.65 bits per heavy atom. The molecule has 0 aliphatic rings. The van der Waals surface area contributed by atoms with Gasteiger partial charge in [0.15, 0.2) is 0 Å². The maximum atomic E-state index is 11.8. The van der Waals surface area contributed by atoms with Gasteiger partial charge in [0.05, 0.1) is 5.56 Å². The molecule has 2 rings (SSSR count). The van der Waals surface area contributed by atoms with Gasteiger partial charge in [-0.1, -0.05) is 18.2 Å². The van der Waals surface area contributed by atoms with Crippen molar-refractivity contribution in [1.29, 1.82) is 0 Å². The third-order valence-electron chi connectivity index (χ3n) is 2.79. The number of nitrogens with two attached hydrogens (primary N) is 2. The molecular weight excluding hydrogens is 256 g/mol. The molecule has 0 radical (unpaired) electrons. The molecular formula is C15H14N2O3. The van der Waals surface area contributed by atoms with Gasteiger partial charge in [0.2, 0.25) is 5.91 Å². The first-order valence-electron chi connectivity index (χ1n) is 5.98. The first-order valence-corrected chi connectivity index (χ1v) is 5.98. The van der Waals surface area contributed by atoms with Crippen LogP contribution in [0.25, 0.3) is 0 Å². The van der Waals surface area contributed by atoms with Gasteiger partial charge in [0, 0.05) is 16.8 Å². The molecule has 2 aromatic rings. The standard InChI is InChI=1S/C15H14N2O3/c16-12-7-5-10(6-8-12)15(19)20-9-11-3-1-2-4-13(11)14(17)18/h1-8H,9,16H2,(H2,17,18). The number of anilines is 1. The zero-order valence-corrected chi connectivity index (χ0v) is 10.7. The summed E-state index contributed by atoms with van der Waals surface area (Å²) in [4.78, 5) is 23.1. The summed E-state index contributed by atoms with van der Waals surface area (Å²) in [7, 11) is 0. The molecule has 0 heterocycles. The van der Waals surface area contributed by atoms with Gasteiger partial charge in [-0.15, -0.1) is 0 Å². The second-order valence-electron chi connectivity index (χ2n) is 4.22. The van der Waals surface area contributed by atoms with Crippen LogP contribution in [0.2, 0.25) is 0 Å². The van der Waals surface area contributed by atoms with E-state index in [-0.39, 0.29) is 6.61 Å². The summed E-state index contributed by atoms with van der Waals surface area (Å²) in [6.45, 7) is -0.0116. The van der Waals surface area contributed by atoms with E-state index in [0.29, 0.717) is 22.4 Å². The Hall–Kier alpha value is -2.82. The van der Waals surface area contributed by atoms with E-state index in [2.05, 4.69) is 0 Å². The number of primary amides is 1. The number of rotatable bonds is 4. The molecule has 0 bridgehead atoms. The van der Waals surface area contributed by atoms with Crippen molar-refractivity contribution >= 4 is 17.6 Å². The number of esters is 1. The number of amides is 1. The van der Waals surface area contributed by atoms with Gasteiger partial charge in [-0.2, -0.15) is 0 Å². The van der Waals surface area contributed by atoms with Crippen molar-refractivity contribution in [2.24, 2.45) is 5.73 Å². The second kappa shape index (κ2) is 5.88. The van der Waals surface area contributed by atoms with Gasteiger partial charge in [-0.3, -0.25) is 4.79 Å². The Balaban J connectivity index is 2.07. The highest BCUT2D eigenvalue weighted by Gasteiger charge is 2.11. The molecule has 5 heteroatoms. The first-order chi connectivity index (χ1) is 9.58. The first kappa shape index (κ1) is 13.6. The Bertz CT molecular complexity index is 636. The van der Waals surface area contributed by atoms with E-state index in [1.165, 1.54) is 0 Å². The topological polar surface area (TPSA) is 95.4 Å². The van der Waals surface area contributed by atoms with Crippen molar-refractivity contribution in [2.45, 2.75) is 6.61 Å². The van der Waals surface area contributed by atoms with Gasteiger partial charge in [-0.25, -0.2) is 4.79 Å². The van der Waals surface area contributed by atoms with E-state index in [4.69, 9.17) is 16.2 Å². The van der Waals surface area contributed by atoms with Crippen molar-refractivity contribution in [3.05, 3.63) is 65.2 Å². The minimum Gasteiger partial charge on any atom is -0.457 e. The lowest BCUT2D eigenvalue weighted by atomic mass is 10.1. The molecule has 4 N–H and O–H groups in total. The van der Waals surface area contributed by atoms with Gasteiger partial charge >= 0.3 is 5.97 Å². The summed E-state index contributed by atoms with van der Waals surface area (Å²) < 4.78 is 5.16. The lowest BCUT2D eigenvalue weighted by Crippen LogP contribution is -2.15. The molecule has 0 atom stereocenters. The molecule has 0 fully saturated rings. The predicted molar refractivity (Wildman–Crippen MR) is 74.9 cm³/mol. The zero-order chi connectivity index (χ0) is 14.5. The number of benzene rings is 2. The Morgan fingerprint density at radius 3 is 2.30 bits per heavy atom. The monoisotopic (exact) mass is 270 g/mol. The van der Waals surface area contributed by atoms with Crippen LogP contribution < -0.4 is 11.5 Å². The molecule has 0 aliphatic heterocycles. The number of hydrogen-bond acceptors (Lipinski definition) is 4. The molecule has 2 aromatic carbocycles. The highest BCUT2D eigenvalue weighted by Crippen LogP contribution is 2.12. The van der Waals surface area contributed by atoms with Crippen LogP contribution >= 0.6 is 0 Å². The Kier molecular flexibility index (Phi) is 4.00. The quantitative estimate of drug-likeness (QED) is 0.653. The minimum absolute atomic E-state index is 0.0116. The van der Waals surface area contributed by atoms with E-state index >= 15 is 0 Å². The van der Waals surface area contributed by atoms with Crippen LogP contribution in [-0.2, 0) is 11.3 Å². The highest BCUT2D eigenvalue weighted by molar-refractivity contribution is 5.94. The van der Waals surface area contributed by atoms with Crippen molar-refractivity contribution in [3.8, 4) is 0 Å². The normalized spacial score (nSPS) is 10.0. The van der Waals surface area contributed by atoms with Crippen LogP contribution in [0.4, 0.5) is 5.69 Å². The lowest BCUT2D eigenvalue weighted by Gasteiger charge is -2.08. The predicted octanol–water partition coefficient (Wildman–Crippen LogP) is 1.72. The van der Waals surface area contributed by atoms with E-state index < -0.39 is 11.9 Å². The number of nitrogen functional groups attached to an aromatic ring is 1. The average Bonchev–Trinajstić information content (AvgIpc) is 2.45. The van der Waals surface area contributed by atoms with Crippen molar-refractivity contribution < 1.29 is 14.3 Å². The summed E-state index contributed by atoms with van der Waals surface area (Å²) in [5.74, 6) is -1.03. The maximum absolute atomic E-state index is 11.8. The lowest BCUT2D eigenvalue weighted by molar-refractivity contribution is 0.0470. The largest absolute Gasteiger partial charge is 0.457 e. The fourth-order valence-corrected chi connectivity index (χ4v) is 1.73. The summed E-state index contributed by atoms with van der Waals surface area (Å²) >= 11 is 0. The number of hydrogen-bond donors (Lipinski definition) is 2. The fraction of sp³-hybridized carbons (Fsp3) is 0.0667. The summed E-state index contributed by atoms with van der Waals surface area (Å²) in [5, 5.41) is 0. The van der Waals surface area contributed by atoms with Gasteiger partial charge in [0.25, 0.3) is 0 Å². The van der Waals surface area contributed by atoms with Crippen LogP contribution in [0.5, 0.6) is 0 Å². The minimum atomic E-state index is -0.552. The molecule has 1 amide bonds. The third kappa shape index (κ3) is 3.14. The van der Waals surface area contributed by atoms with Gasteiger partial charge in [0.1, 0.15) is 6.61 Å². The van der Waals surface area contributed by atoms with Gasteiger partial charge in [-0.05, 0) is 30.3 Å². The average molecular weight is 270 g/mol. The zero-order valence-electron chi connectivity index (χ0n) is 10.7. The highest BCUT2D eigenvalue weighted by atomic mass is 16.5. The van der Waals surface area contributed by atoms with Crippen LogP contribution in [0.15, 0.2) is 48.5 Å². The molecule has 0 saturated carbocycles. The van der Waals surface area contributed by atoms with E-state index in [0.717, 1.165) is 0 Å². The fourth-order valence-electron chi connectivity index (χ4n) is 1.73. The summed E-state index contributed by atoms with van der Waals surface area (Å²) in [6, 6.07) is 13.1. The van der Waals surface area contributed by atoms with Crippen molar-refractivity contribution in [2.75, 3.05) is 5.73 Å². The number of carbonyl (C=O) groups excluding carboxylic acids is 2. The number of carbonyl (C=O) groups is 2. The van der Waals surface area contributed by atoms with Crippen molar-refractivity contribution in [1.82, 2.24) is 0 Å². The molecule has 20 heavy (non-hydrogen) atoms. The molecule has 102 valence electrons. The maximum Gasteiger partial charge on any atom is 0.338 e. The Morgan fingerprint density at radius 1 is 1.00 bits per heavy atom. The van der Waals surface area contributed by atoms with Crippen LogP contribution in [0, 0.1) is 0 Å². The van der Waals surface area contributed by atoms with Crippen LogP contribution in [-0.4, -0.2) is 11.9 Å². The summed E-state index contributed by atoms with van der Waals surface area (Å²) in [6.07, 6.45) is 0. The third-order valence-corrected chi connectivity index (χ3v) is 2.79. The van der Waals surface area contributed by atoms with Crippen LogP contribution in [0.1, 0.15) is 26.3 Å². The molecule has 0 spiro atoms. The molecule has 0 unspecified atom stereocenters. The van der Waals surface area contributed by atoms with Crippen molar-refractivity contribution in [3.63, 3.8) is 0 Å². The molecule has 5 nitrogen and oxygen atoms in total. The number of ether oxygens (including phenoxy) is 1. The summed E-state index contributed by atoms with van der Waals surface area (Å²) in [5.41, 5.74) is 12.7. The molecule has 0 aliphatic carbocycles. The molecule has 0 aromatic heterocycles. The van der Waals surface area contributed by atoms with Crippen LogP contribution in [0.3, 0.4) is 0 Å². The van der Waals surface area contributed by atoms with Gasteiger partial charge < -0.3 is 16.2 Å². The Labute approximate surface area is 116 Å². The molecule has 0 saturated heterocycles. The SMILES string of the molecule is NC(=O)c1ccccc1COC(=O)c1ccc(N)cc1.